The molecule has 0 saturated heterocycles. The molecule has 2 aliphatic carbocycles. The predicted molar refractivity (Wildman–Crippen MR) is 115 cm³/mol. The number of nitrogens with one attached hydrogen (secondary N) is 1. The van der Waals surface area contributed by atoms with Gasteiger partial charge in [-0.05, 0) is 67.2 Å². The molecule has 158 valence electrons. The molecule has 30 heavy (non-hydrogen) atoms. The van der Waals surface area contributed by atoms with Gasteiger partial charge in [0.15, 0.2) is 13.2 Å². The van der Waals surface area contributed by atoms with Crippen LogP contribution in [0.3, 0.4) is 0 Å². The number of hydrogen-bond acceptors (Lipinski definition) is 4. The summed E-state index contributed by atoms with van der Waals surface area (Å²) in [5, 5.41) is 3.00. The van der Waals surface area contributed by atoms with E-state index in [0.29, 0.717) is 11.7 Å². The van der Waals surface area contributed by atoms with Crippen molar-refractivity contribution in [1.82, 2.24) is 5.32 Å². The van der Waals surface area contributed by atoms with E-state index in [1.165, 1.54) is 25.7 Å². The Morgan fingerprint density at radius 1 is 0.967 bits per heavy atom. The maximum Gasteiger partial charge on any atom is 0.344 e. The molecular weight excluding hydrogens is 378 g/mol. The van der Waals surface area contributed by atoms with Gasteiger partial charge in [-0.1, -0.05) is 48.9 Å². The molecule has 2 aromatic carbocycles. The smallest absolute Gasteiger partial charge is 0.344 e. The highest BCUT2D eigenvalue weighted by molar-refractivity contribution is 5.81. The molecule has 0 radical (unpaired) electrons. The standard InChI is InChI=1S/C25H29NO4/c1-17(23-14-18-7-8-21(23)13-18)26-24(27)15-30-25(28)16-29-22-11-9-20(10-12-22)19-5-3-2-4-6-19/h2-6,9-12,17-18,21,23H,7-8,13-16H2,1H3,(H,26,27)/t17-,18+,21+,23+/m1/s1. The van der Waals surface area contributed by atoms with E-state index in [1.807, 2.05) is 54.6 Å². The fourth-order valence-corrected chi connectivity index (χ4v) is 5.01. The van der Waals surface area contributed by atoms with E-state index < -0.39 is 5.97 Å². The van der Waals surface area contributed by atoms with Gasteiger partial charge in [-0.15, -0.1) is 0 Å². The van der Waals surface area contributed by atoms with E-state index in [4.69, 9.17) is 9.47 Å². The van der Waals surface area contributed by atoms with Crippen LogP contribution in [0.2, 0.25) is 0 Å². The minimum absolute atomic E-state index is 0.130. The zero-order chi connectivity index (χ0) is 20.9. The average Bonchev–Trinajstić information content (AvgIpc) is 3.41. The lowest BCUT2D eigenvalue weighted by Crippen LogP contribution is -2.42. The highest BCUT2D eigenvalue weighted by atomic mass is 16.6. The lowest BCUT2D eigenvalue weighted by Gasteiger charge is -2.28. The van der Waals surface area contributed by atoms with E-state index in [2.05, 4.69) is 12.2 Å². The molecule has 5 heteroatoms. The summed E-state index contributed by atoms with van der Waals surface area (Å²) in [5.41, 5.74) is 2.20. The van der Waals surface area contributed by atoms with Crippen LogP contribution in [-0.4, -0.2) is 31.1 Å². The van der Waals surface area contributed by atoms with Gasteiger partial charge in [0.25, 0.3) is 5.91 Å². The van der Waals surface area contributed by atoms with Crippen LogP contribution in [0.4, 0.5) is 0 Å². The van der Waals surface area contributed by atoms with Gasteiger partial charge in [0.05, 0.1) is 0 Å². The number of hydrogen-bond donors (Lipinski definition) is 1. The third-order valence-electron chi connectivity index (χ3n) is 6.51. The summed E-state index contributed by atoms with van der Waals surface area (Å²) in [6.45, 7) is 1.58. The first-order valence-electron chi connectivity index (χ1n) is 10.8. The van der Waals surface area contributed by atoms with Gasteiger partial charge in [0.2, 0.25) is 0 Å². The quantitative estimate of drug-likeness (QED) is 0.666. The zero-order valence-corrected chi connectivity index (χ0v) is 17.4. The molecule has 5 nitrogen and oxygen atoms in total. The average molecular weight is 408 g/mol. The number of rotatable bonds is 8. The monoisotopic (exact) mass is 407 g/mol. The van der Waals surface area contributed by atoms with Crippen molar-refractivity contribution >= 4 is 11.9 Å². The first-order valence-corrected chi connectivity index (χ1v) is 10.8. The minimum atomic E-state index is -0.551. The Morgan fingerprint density at radius 3 is 2.37 bits per heavy atom. The fourth-order valence-electron chi connectivity index (χ4n) is 5.01. The number of ether oxygens (including phenoxy) is 2. The molecule has 1 amide bonds. The van der Waals surface area contributed by atoms with E-state index in [0.717, 1.165) is 23.0 Å². The van der Waals surface area contributed by atoms with E-state index in [1.54, 1.807) is 0 Å². The predicted octanol–water partition coefficient (Wildman–Crippen LogP) is 4.22. The fraction of sp³-hybridized carbons (Fsp3) is 0.440. The molecule has 0 aliphatic heterocycles. The highest BCUT2D eigenvalue weighted by Gasteiger charge is 2.42. The normalized spacial score (nSPS) is 23.0. The van der Waals surface area contributed by atoms with Crippen molar-refractivity contribution in [2.24, 2.45) is 17.8 Å². The van der Waals surface area contributed by atoms with Crippen molar-refractivity contribution in [2.45, 2.75) is 38.6 Å². The maximum atomic E-state index is 12.1. The minimum Gasteiger partial charge on any atom is -0.482 e. The third kappa shape index (κ3) is 5.02. The molecule has 0 unspecified atom stereocenters. The van der Waals surface area contributed by atoms with Crippen molar-refractivity contribution in [3.63, 3.8) is 0 Å². The highest BCUT2D eigenvalue weighted by Crippen LogP contribution is 2.49. The maximum absolute atomic E-state index is 12.1. The summed E-state index contributed by atoms with van der Waals surface area (Å²) in [7, 11) is 0. The van der Waals surface area contributed by atoms with Crippen molar-refractivity contribution in [3.05, 3.63) is 54.6 Å². The molecule has 2 fully saturated rings. The molecule has 2 aliphatic rings. The van der Waals surface area contributed by atoms with Crippen molar-refractivity contribution in [2.75, 3.05) is 13.2 Å². The molecular formula is C25H29NO4. The zero-order valence-electron chi connectivity index (χ0n) is 17.4. The largest absolute Gasteiger partial charge is 0.482 e. The molecule has 0 spiro atoms. The summed E-state index contributed by atoms with van der Waals surface area (Å²) in [5.74, 6) is 1.94. The van der Waals surface area contributed by atoms with Gasteiger partial charge in [-0.25, -0.2) is 4.79 Å². The van der Waals surface area contributed by atoms with Crippen molar-refractivity contribution < 1.29 is 19.1 Å². The SMILES string of the molecule is C[C@@H](NC(=O)COC(=O)COc1ccc(-c2ccccc2)cc1)[C@@H]1C[C@H]2CC[C@H]1C2. The van der Waals surface area contributed by atoms with Gasteiger partial charge >= 0.3 is 5.97 Å². The Hall–Kier alpha value is -2.82. The summed E-state index contributed by atoms with van der Waals surface area (Å²) < 4.78 is 10.5. The Labute approximate surface area is 177 Å². The van der Waals surface area contributed by atoms with Crippen LogP contribution >= 0.6 is 0 Å². The molecule has 1 N–H and O–H groups in total. The topological polar surface area (TPSA) is 64.6 Å². The van der Waals surface area contributed by atoms with Crippen LogP contribution in [0, 0.1) is 17.8 Å². The van der Waals surface area contributed by atoms with Crippen molar-refractivity contribution in [3.8, 4) is 16.9 Å². The molecule has 2 saturated carbocycles. The second-order valence-electron chi connectivity index (χ2n) is 8.53. The molecule has 4 atom stereocenters. The summed E-state index contributed by atoms with van der Waals surface area (Å²) >= 11 is 0. The number of carbonyl (C=O) groups is 2. The lowest BCUT2D eigenvalue weighted by molar-refractivity contribution is -0.150. The molecule has 0 aromatic heterocycles. The van der Waals surface area contributed by atoms with Crippen molar-refractivity contribution in [1.29, 1.82) is 0 Å². The van der Waals surface area contributed by atoms with Crippen LogP contribution in [-0.2, 0) is 14.3 Å². The number of esters is 1. The van der Waals surface area contributed by atoms with Gasteiger partial charge in [-0.3, -0.25) is 4.79 Å². The third-order valence-corrected chi connectivity index (χ3v) is 6.51. The molecule has 4 rings (SSSR count). The van der Waals surface area contributed by atoms with Crippen LogP contribution in [0.15, 0.2) is 54.6 Å². The first-order chi connectivity index (χ1) is 14.6. The van der Waals surface area contributed by atoms with Gasteiger partial charge in [0.1, 0.15) is 5.75 Å². The Kier molecular flexibility index (Phi) is 6.36. The van der Waals surface area contributed by atoms with Gasteiger partial charge in [-0.2, -0.15) is 0 Å². The summed E-state index contributed by atoms with van der Waals surface area (Å²) in [6.07, 6.45) is 5.15. The number of fused-ring (bicyclic) bond motifs is 2. The van der Waals surface area contributed by atoms with Crippen LogP contribution in [0.5, 0.6) is 5.75 Å². The molecule has 0 heterocycles. The Bertz CT molecular complexity index is 864. The summed E-state index contributed by atoms with van der Waals surface area (Å²) in [4.78, 5) is 24.1. The van der Waals surface area contributed by atoms with Gasteiger partial charge in [0, 0.05) is 6.04 Å². The van der Waals surface area contributed by atoms with Crippen LogP contribution < -0.4 is 10.1 Å². The lowest BCUT2D eigenvalue weighted by atomic mass is 9.84. The van der Waals surface area contributed by atoms with Crippen LogP contribution in [0.25, 0.3) is 11.1 Å². The first kappa shape index (κ1) is 20.5. The van der Waals surface area contributed by atoms with E-state index >= 15 is 0 Å². The Balaban J connectivity index is 1.16. The number of benzene rings is 2. The number of carbonyl (C=O) groups excluding carboxylic acids is 2. The van der Waals surface area contributed by atoms with Crippen LogP contribution in [0.1, 0.15) is 32.6 Å². The molecule has 2 bridgehead atoms. The second kappa shape index (κ2) is 9.33. The Morgan fingerprint density at radius 2 is 1.70 bits per heavy atom. The van der Waals surface area contributed by atoms with Gasteiger partial charge < -0.3 is 14.8 Å². The number of amides is 1. The second-order valence-corrected chi connectivity index (χ2v) is 8.53. The van der Waals surface area contributed by atoms with E-state index in [9.17, 15) is 9.59 Å². The molecule has 2 aromatic rings. The summed E-state index contributed by atoms with van der Waals surface area (Å²) in [6, 6.07) is 17.7. The van der Waals surface area contributed by atoms with E-state index in [-0.39, 0.29) is 25.2 Å².